The number of benzene rings is 3. The molecule has 3 rings (SSSR count). The van der Waals surface area contributed by atoms with Gasteiger partial charge in [-0.3, -0.25) is 0 Å². The summed E-state index contributed by atoms with van der Waals surface area (Å²) in [4.78, 5) is -0.0226. The molecule has 0 saturated heterocycles. The van der Waals surface area contributed by atoms with E-state index in [0.29, 0.717) is 22.3 Å². The number of azo groups is 1. The second-order valence-electron chi connectivity index (χ2n) is 5.57. The average molecular weight is 356 g/mol. The normalized spacial score (nSPS) is 12.1. The van der Waals surface area contributed by atoms with Gasteiger partial charge in [-0.25, -0.2) is 13.6 Å². The Morgan fingerprint density at radius 2 is 1.80 bits per heavy atom. The molecule has 3 aromatic carbocycles. The van der Waals surface area contributed by atoms with Gasteiger partial charge in [-0.1, -0.05) is 24.3 Å². The number of phenolic OH excluding ortho intramolecular Hbond substituents is 1. The lowest BCUT2D eigenvalue weighted by atomic mass is 10.1. The molecular formula is C17H16N4O3S. The molecule has 0 saturated carbocycles. The van der Waals surface area contributed by atoms with E-state index < -0.39 is 10.0 Å². The van der Waals surface area contributed by atoms with Crippen LogP contribution in [0.3, 0.4) is 0 Å². The van der Waals surface area contributed by atoms with Crippen LogP contribution in [0.15, 0.2) is 63.7 Å². The molecule has 0 radical (unpaired) electrons. The molecule has 7 nitrogen and oxygen atoms in total. The van der Waals surface area contributed by atoms with Gasteiger partial charge in [-0.15, -0.1) is 5.11 Å². The third kappa shape index (κ3) is 3.30. The third-order valence-corrected chi connectivity index (χ3v) is 4.83. The molecule has 5 N–H and O–H groups in total. The number of aromatic hydroxyl groups is 1. The summed E-state index contributed by atoms with van der Waals surface area (Å²) in [5.74, 6) is -0.0760. The van der Waals surface area contributed by atoms with Crippen LogP contribution < -0.4 is 10.9 Å². The summed E-state index contributed by atoms with van der Waals surface area (Å²) in [6.07, 6.45) is 0. The number of nitrogens with zero attached hydrogens (tertiary/aromatic N) is 2. The van der Waals surface area contributed by atoms with Crippen LogP contribution in [0.1, 0.15) is 5.56 Å². The topological polar surface area (TPSA) is 131 Å². The largest absolute Gasteiger partial charge is 0.506 e. The Labute approximate surface area is 144 Å². The minimum absolute atomic E-state index is 0.0226. The molecule has 0 amide bonds. The molecule has 0 unspecified atom stereocenters. The Kier molecular flexibility index (Phi) is 4.15. The van der Waals surface area contributed by atoms with Gasteiger partial charge in [-0.05, 0) is 42.1 Å². The second-order valence-corrected chi connectivity index (χ2v) is 7.10. The number of primary sulfonamides is 1. The van der Waals surface area contributed by atoms with Crippen molar-refractivity contribution in [3.8, 4) is 5.75 Å². The van der Waals surface area contributed by atoms with E-state index in [1.54, 1.807) is 37.3 Å². The lowest BCUT2D eigenvalue weighted by Gasteiger charge is -2.07. The first-order valence-corrected chi connectivity index (χ1v) is 8.87. The van der Waals surface area contributed by atoms with Gasteiger partial charge in [0, 0.05) is 11.1 Å². The van der Waals surface area contributed by atoms with Gasteiger partial charge in [0.05, 0.1) is 10.6 Å². The van der Waals surface area contributed by atoms with E-state index >= 15 is 0 Å². The van der Waals surface area contributed by atoms with Gasteiger partial charge in [0.25, 0.3) is 0 Å². The van der Waals surface area contributed by atoms with Crippen LogP contribution in [-0.2, 0) is 10.0 Å². The smallest absolute Gasteiger partial charge is 0.238 e. The van der Waals surface area contributed by atoms with E-state index in [1.807, 2.05) is 6.07 Å². The number of nitrogen functional groups attached to an aromatic ring is 1. The van der Waals surface area contributed by atoms with Gasteiger partial charge in [0.2, 0.25) is 10.0 Å². The zero-order valence-electron chi connectivity index (χ0n) is 13.3. The molecule has 0 atom stereocenters. The molecule has 0 spiro atoms. The van der Waals surface area contributed by atoms with E-state index in [2.05, 4.69) is 10.2 Å². The van der Waals surface area contributed by atoms with Crippen molar-refractivity contribution in [2.24, 2.45) is 15.4 Å². The van der Waals surface area contributed by atoms with Crippen molar-refractivity contribution < 1.29 is 13.5 Å². The summed E-state index contributed by atoms with van der Waals surface area (Å²) >= 11 is 0. The Bertz CT molecular complexity index is 1110. The third-order valence-electron chi connectivity index (χ3n) is 3.77. The van der Waals surface area contributed by atoms with Crippen LogP contribution in [-0.4, -0.2) is 13.5 Å². The molecule has 0 aliphatic carbocycles. The molecule has 0 aliphatic heterocycles. The first kappa shape index (κ1) is 16.9. The Hall–Kier alpha value is -2.97. The molecule has 0 aromatic heterocycles. The minimum Gasteiger partial charge on any atom is -0.506 e. The summed E-state index contributed by atoms with van der Waals surface area (Å²) < 4.78 is 23.2. The fourth-order valence-corrected chi connectivity index (χ4v) is 3.35. The number of rotatable bonds is 3. The number of phenols is 1. The minimum atomic E-state index is -3.86. The summed E-state index contributed by atoms with van der Waals surface area (Å²) in [7, 11) is -3.86. The maximum atomic E-state index is 11.6. The standard InChI is InChI=1S/C17H16N4O3S/c1-10-5-7-12(9-15(10)25(19,23)24)20-21-17-14(22)8-6-11-3-2-4-13(18)16(11)17/h2-9,22H,18H2,1H3,(H2,19,23,24). The first-order valence-electron chi connectivity index (χ1n) is 7.33. The molecule has 3 aromatic rings. The van der Waals surface area contributed by atoms with Crippen molar-refractivity contribution >= 4 is 37.9 Å². The molecule has 0 heterocycles. The van der Waals surface area contributed by atoms with Crippen molar-refractivity contribution in [2.45, 2.75) is 11.8 Å². The van der Waals surface area contributed by atoms with E-state index in [-0.39, 0.29) is 16.3 Å². The summed E-state index contributed by atoms with van der Waals surface area (Å²) in [6.45, 7) is 1.64. The number of anilines is 1. The van der Waals surface area contributed by atoms with Gasteiger partial charge in [0.15, 0.2) is 0 Å². The van der Waals surface area contributed by atoms with Crippen molar-refractivity contribution in [1.82, 2.24) is 0 Å². The maximum Gasteiger partial charge on any atom is 0.238 e. The fraction of sp³-hybridized carbons (Fsp3) is 0.0588. The number of aryl methyl sites for hydroxylation is 1. The predicted molar refractivity (Wildman–Crippen MR) is 96.8 cm³/mol. The zero-order valence-corrected chi connectivity index (χ0v) is 14.2. The van der Waals surface area contributed by atoms with Crippen molar-refractivity contribution in [2.75, 3.05) is 5.73 Å². The van der Waals surface area contributed by atoms with E-state index in [1.165, 1.54) is 12.1 Å². The molecular weight excluding hydrogens is 340 g/mol. The number of hydrogen-bond donors (Lipinski definition) is 3. The zero-order chi connectivity index (χ0) is 18.2. The Balaban J connectivity index is 2.13. The second kappa shape index (κ2) is 6.15. The van der Waals surface area contributed by atoms with Crippen LogP contribution in [0.25, 0.3) is 10.8 Å². The Morgan fingerprint density at radius 1 is 1.04 bits per heavy atom. The molecule has 25 heavy (non-hydrogen) atoms. The Morgan fingerprint density at radius 3 is 2.52 bits per heavy atom. The van der Waals surface area contributed by atoms with Crippen molar-refractivity contribution in [1.29, 1.82) is 0 Å². The SMILES string of the molecule is Cc1ccc(N=Nc2c(O)ccc3cccc(N)c23)cc1S(N)(=O)=O. The van der Waals surface area contributed by atoms with Gasteiger partial charge < -0.3 is 10.8 Å². The average Bonchev–Trinajstić information content (AvgIpc) is 2.54. The summed E-state index contributed by atoms with van der Waals surface area (Å²) in [5.41, 5.74) is 7.46. The van der Waals surface area contributed by atoms with E-state index in [9.17, 15) is 13.5 Å². The van der Waals surface area contributed by atoms with Crippen molar-refractivity contribution in [3.63, 3.8) is 0 Å². The van der Waals surface area contributed by atoms with E-state index in [0.717, 1.165) is 5.39 Å². The highest BCUT2D eigenvalue weighted by molar-refractivity contribution is 7.89. The van der Waals surface area contributed by atoms with Crippen LogP contribution in [0.4, 0.5) is 17.1 Å². The van der Waals surface area contributed by atoms with Crippen LogP contribution in [0.5, 0.6) is 5.75 Å². The summed E-state index contributed by atoms with van der Waals surface area (Å²) in [5, 5.41) is 24.8. The first-order chi connectivity index (χ1) is 11.8. The van der Waals surface area contributed by atoms with Crippen molar-refractivity contribution in [3.05, 3.63) is 54.1 Å². The fourth-order valence-electron chi connectivity index (χ4n) is 2.54. The molecule has 0 fully saturated rings. The molecule has 128 valence electrons. The lowest BCUT2D eigenvalue weighted by Crippen LogP contribution is -2.13. The van der Waals surface area contributed by atoms with Crippen LogP contribution in [0, 0.1) is 6.92 Å². The number of nitrogens with two attached hydrogens (primary N) is 2. The van der Waals surface area contributed by atoms with Gasteiger partial charge >= 0.3 is 0 Å². The number of fused-ring (bicyclic) bond motifs is 1. The predicted octanol–water partition coefficient (Wildman–Crippen LogP) is 3.50. The maximum absolute atomic E-state index is 11.6. The highest BCUT2D eigenvalue weighted by Gasteiger charge is 2.13. The highest BCUT2D eigenvalue weighted by atomic mass is 32.2. The monoisotopic (exact) mass is 356 g/mol. The lowest BCUT2D eigenvalue weighted by molar-refractivity contribution is 0.477. The van der Waals surface area contributed by atoms with Crippen LogP contribution >= 0.6 is 0 Å². The summed E-state index contributed by atoms with van der Waals surface area (Å²) in [6, 6.07) is 13.1. The molecule has 0 aliphatic rings. The molecule has 8 heteroatoms. The number of sulfonamides is 1. The van der Waals surface area contributed by atoms with Gasteiger partial charge in [-0.2, -0.15) is 5.11 Å². The molecule has 0 bridgehead atoms. The van der Waals surface area contributed by atoms with E-state index in [4.69, 9.17) is 10.9 Å². The van der Waals surface area contributed by atoms with Gasteiger partial charge in [0.1, 0.15) is 11.4 Å². The quantitative estimate of drug-likeness (QED) is 0.489. The van der Waals surface area contributed by atoms with Crippen LogP contribution in [0.2, 0.25) is 0 Å². The number of hydrogen-bond acceptors (Lipinski definition) is 6. The highest BCUT2D eigenvalue weighted by Crippen LogP contribution is 2.39.